The fourth-order valence-corrected chi connectivity index (χ4v) is 3.02. The Hall–Kier alpha value is -2.43. The largest absolute Gasteiger partial charge is 0.478 e. The van der Waals surface area contributed by atoms with Gasteiger partial charge in [0.15, 0.2) is 0 Å². The van der Waals surface area contributed by atoms with Gasteiger partial charge in [-0.25, -0.2) is 9.69 Å². The molecule has 5 heteroatoms. The van der Waals surface area contributed by atoms with Crippen molar-refractivity contribution >= 4 is 23.5 Å². The molecule has 2 atom stereocenters. The maximum Gasteiger partial charge on any atom is 0.335 e. The maximum atomic E-state index is 12.5. The van der Waals surface area contributed by atoms with Gasteiger partial charge >= 0.3 is 5.97 Å². The van der Waals surface area contributed by atoms with Crippen LogP contribution in [0, 0.1) is 18.8 Å². The number of carbonyl (C=O) groups is 3. The van der Waals surface area contributed by atoms with E-state index in [4.69, 9.17) is 5.11 Å². The van der Waals surface area contributed by atoms with Crippen LogP contribution in [0.4, 0.5) is 5.69 Å². The molecule has 1 aliphatic heterocycles. The Morgan fingerprint density at radius 2 is 1.71 bits per heavy atom. The van der Waals surface area contributed by atoms with Crippen LogP contribution in [0.25, 0.3) is 0 Å². The third kappa shape index (κ3) is 2.05. The minimum atomic E-state index is -1.07. The lowest BCUT2D eigenvalue weighted by Gasteiger charge is -2.18. The van der Waals surface area contributed by atoms with E-state index in [1.54, 1.807) is 13.0 Å². The molecule has 1 saturated heterocycles. The monoisotopic (exact) mass is 285 g/mol. The van der Waals surface area contributed by atoms with Crippen molar-refractivity contribution in [1.29, 1.82) is 0 Å². The van der Waals surface area contributed by atoms with E-state index in [1.165, 1.54) is 17.0 Å². The normalized spacial score (nSPS) is 24.3. The lowest BCUT2D eigenvalue weighted by Crippen LogP contribution is -2.31. The topological polar surface area (TPSA) is 74.7 Å². The predicted molar refractivity (Wildman–Crippen MR) is 76.0 cm³/mol. The number of aromatic carboxylic acids is 1. The average molecular weight is 285 g/mol. The van der Waals surface area contributed by atoms with Crippen molar-refractivity contribution in [2.45, 2.75) is 19.8 Å². The molecule has 21 heavy (non-hydrogen) atoms. The zero-order chi connectivity index (χ0) is 15.1. The van der Waals surface area contributed by atoms with Crippen LogP contribution in [0.5, 0.6) is 0 Å². The molecule has 108 valence electrons. The summed E-state index contributed by atoms with van der Waals surface area (Å²) < 4.78 is 0. The number of hydrogen-bond acceptors (Lipinski definition) is 3. The van der Waals surface area contributed by atoms with E-state index in [1.807, 2.05) is 12.2 Å². The van der Waals surface area contributed by atoms with Crippen LogP contribution in [-0.2, 0) is 9.59 Å². The van der Waals surface area contributed by atoms with Crippen molar-refractivity contribution in [3.63, 3.8) is 0 Å². The Morgan fingerprint density at radius 3 is 2.24 bits per heavy atom. The fourth-order valence-electron chi connectivity index (χ4n) is 3.02. The van der Waals surface area contributed by atoms with Gasteiger partial charge in [0.25, 0.3) is 0 Å². The average Bonchev–Trinajstić information content (AvgIpc) is 2.72. The van der Waals surface area contributed by atoms with Crippen LogP contribution >= 0.6 is 0 Å². The highest BCUT2D eigenvalue weighted by Gasteiger charge is 2.48. The zero-order valence-electron chi connectivity index (χ0n) is 11.6. The molecule has 2 unspecified atom stereocenters. The number of carboxylic acids is 1. The van der Waals surface area contributed by atoms with Gasteiger partial charge in [0.1, 0.15) is 0 Å². The number of allylic oxidation sites excluding steroid dienone is 2. The number of fused-ring (bicyclic) bond motifs is 1. The van der Waals surface area contributed by atoms with E-state index >= 15 is 0 Å². The van der Waals surface area contributed by atoms with E-state index < -0.39 is 5.97 Å². The summed E-state index contributed by atoms with van der Waals surface area (Å²) in [6.07, 6.45) is 5.00. The molecule has 0 radical (unpaired) electrons. The summed E-state index contributed by atoms with van der Waals surface area (Å²) in [4.78, 5) is 37.3. The molecule has 2 amide bonds. The Kier molecular flexibility index (Phi) is 3.12. The van der Waals surface area contributed by atoms with E-state index in [0.717, 1.165) is 0 Å². The summed E-state index contributed by atoms with van der Waals surface area (Å²) in [7, 11) is 0. The smallest absolute Gasteiger partial charge is 0.335 e. The third-order valence-corrected chi connectivity index (χ3v) is 4.20. The summed E-state index contributed by atoms with van der Waals surface area (Å²) in [5.41, 5.74) is 1.18. The van der Waals surface area contributed by atoms with Gasteiger partial charge in [-0.05, 0) is 37.5 Å². The molecular formula is C16H15NO4. The van der Waals surface area contributed by atoms with Crippen LogP contribution in [-0.4, -0.2) is 22.9 Å². The molecule has 1 aromatic carbocycles. The molecule has 0 aromatic heterocycles. The van der Waals surface area contributed by atoms with Gasteiger partial charge in [-0.1, -0.05) is 18.2 Å². The van der Waals surface area contributed by atoms with E-state index in [2.05, 4.69) is 0 Å². The molecule has 0 saturated carbocycles. The fraction of sp³-hybridized carbons (Fsp3) is 0.312. The van der Waals surface area contributed by atoms with Crippen molar-refractivity contribution in [3.8, 4) is 0 Å². The number of imide groups is 1. The first-order valence-electron chi connectivity index (χ1n) is 6.87. The summed E-state index contributed by atoms with van der Waals surface area (Å²) in [5.74, 6) is -2.14. The number of nitrogens with zero attached hydrogens (tertiary/aromatic N) is 1. The SMILES string of the molecule is Cc1ccc(C(=O)O)cc1N1C(=O)C2CC=CCC2C1=O. The Bertz CT molecular complexity index is 651. The Morgan fingerprint density at radius 1 is 1.14 bits per heavy atom. The van der Waals surface area contributed by atoms with Crippen LogP contribution in [0.3, 0.4) is 0 Å². The maximum absolute atomic E-state index is 12.5. The second-order valence-corrected chi connectivity index (χ2v) is 5.47. The van der Waals surface area contributed by atoms with Crippen molar-refractivity contribution in [3.05, 3.63) is 41.5 Å². The number of amides is 2. The van der Waals surface area contributed by atoms with Gasteiger partial charge in [0, 0.05) is 0 Å². The minimum Gasteiger partial charge on any atom is -0.478 e. The molecule has 1 fully saturated rings. The van der Waals surface area contributed by atoms with E-state index in [-0.39, 0.29) is 29.2 Å². The molecule has 1 aromatic rings. The quantitative estimate of drug-likeness (QED) is 0.667. The van der Waals surface area contributed by atoms with Gasteiger partial charge < -0.3 is 5.11 Å². The highest BCUT2D eigenvalue weighted by Crippen LogP contribution is 2.38. The highest BCUT2D eigenvalue weighted by atomic mass is 16.4. The minimum absolute atomic E-state index is 0.0733. The number of carbonyl (C=O) groups excluding carboxylic acids is 2. The number of hydrogen-bond donors (Lipinski definition) is 1. The highest BCUT2D eigenvalue weighted by molar-refractivity contribution is 6.22. The lowest BCUT2D eigenvalue weighted by molar-refractivity contribution is -0.122. The molecule has 1 heterocycles. The van der Waals surface area contributed by atoms with Gasteiger partial charge in [-0.3, -0.25) is 9.59 Å². The standard InChI is InChI=1S/C16H15NO4/c1-9-6-7-10(16(20)21)8-13(9)17-14(18)11-4-2-3-5-12(11)15(17)19/h2-3,6-8,11-12H,4-5H2,1H3,(H,20,21). The summed E-state index contributed by atoms with van der Waals surface area (Å²) in [5, 5.41) is 9.08. The van der Waals surface area contributed by atoms with Crippen molar-refractivity contribution in [2.24, 2.45) is 11.8 Å². The van der Waals surface area contributed by atoms with Gasteiger partial charge in [-0.2, -0.15) is 0 Å². The van der Waals surface area contributed by atoms with Crippen LogP contribution < -0.4 is 4.90 Å². The number of benzene rings is 1. The first-order valence-corrected chi connectivity index (χ1v) is 6.87. The number of anilines is 1. The summed E-state index contributed by atoms with van der Waals surface area (Å²) in [6, 6.07) is 4.50. The molecule has 1 aliphatic carbocycles. The molecule has 2 aliphatic rings. The number of carboxylic acid groups (broad SMARTS) is 1. The number of aryl methyl sites for hydroxylation is 1. The number of rotatable bonds is 2. The first-order chi connectivity index (χ1) is 10.0. The lowest BCUT2D eigenvalue weighted by atomic mass is 9.85. The Balaban J connectivity index is 2.05. The molecule has 1 N–H and O–H groups in total. The zero-order valence-corrected chi connectivity index (χ0v) is 11.6. The van der Waals surface area contributed by atoms with Crippen LogP contribution in [0.1, 0.15) is 28.8 Å². The molecular weight excluding hydrogens is 270 g/mol. The summed E-state index contributed by atoms with van der Waals surface area (Å²) in [6.45, 7) is 1.77. The molecule has 0 spiro atoms. The molecule has 5 nitrogen and oxygen atoms in total. The van der Waals surface area contributed by atoms with Crippen LogP contribution in [0.15, 0.2) is 30.4 Å². The molecule has 0 bridgehead atoms. The van der Waals surface area contributed by atoms with E-state index in [9.17, 15) is 14.4 Å². The second-order valence-electron chi connectivity index (χ2n) is 5.47. The van der Waals surface area contributed by atoms with Crippen LogP contribution in [0.2, 0.25) is 0 Å². The predicted octanol–water partition coefficient (Wildman–Crippen LogP) is 2.15. The first kappa shape index (κ1) is 13.5. The van der Waals surface area contributed by atoms with Gasteiger partial charge in [-0.15, -0.1) is 0 Å². The van der Waals surface area contributed by atoms with Gasteiger partial charge in [0.2, 0.25) is 11.8 Å². The van der Waals surface area contributed by atoms with Gasteiger partial charge in [0.05, 0.1) is 23.1 Å². The third-order valence-electron chi connectivity index (χ3n) is 4.20. The van der Waals surface area contributed by atoms with Crippen molar-refractivity contribution in [2.75, 3.05) is 4.90 Å². The second kappa shape index (κ2) is 4.84. The summed E-state index contributed by atoms with van der Waals surface area (Å²) >= 11 is 0. The van der Waals surface area contributed by atoms with Crippen molar-refractivity contribution in [1.82, 2.24) is 0 Å². The van der Waals surface area contributed by atoms with Crippen molar-refractivity contribution < 1.29 is 19.5 Å². The van der Waals surface area contributed by atoms with E-state index in [0.29, 0.717) is 24.1 Å². The molecule has 3 rings (SSSR count). The Labute approximate surface area is 121 Å².